The van der Waals surface area contributed by atoms with Crippen molar-refractivity contribution in [2.75, 3.05) is 13.2 Å². The first-order chi connectivity index (χ1) is 17.5. The maximum atomic E-state index is 15.0. The second kappa shape index (κ2) is 10.8. The van der Waals surface area contributed by atoms with Crippen LogP contribution >= 0.6 is 0 Å². The summed E-state index contributed by atoms with van der Waals surface area (Å²) in [5, 5.41) is 19.2. The summed E-state index contributed by atoms with van der Waals surface area (Å²) in [6.45, 7) is 5.71. The molecular formula is C29H33FN4O2. The van der Waals surface area contributed by atoms with E-state index in [1.807, 2.05) is 30.3 Å². The number of amides is 1. The number of ether oxygens (including phenoxy) is 1. The molecule has 0 spiro atoms. The second-order valence-corrected chi connectivity index (χ2v) is 10.2. The number of nitriles is 1. The van der Waals surface area contributed by atoms with Crippen LogP contribution in [0, 0.1) is 23.1 Å². The van der Waals surface area contributed by atoms with Crippen LogP contribution in [0.15, 0.2) is 49.0 Å². The van der Waals surface area contributed by atoms with E-state index in [1.54, 1.807) is 6.07 Å². The number of nitrogens with zero attached hydrogens (tertiary/aromatic N) is 1. The number of hydrogen-bond donors (Lipinski definition) is 3. The number of hydrogen-bond acceptors (Lipinski definition) is 5. The Hall–Kier alpha value is -3.21. The predicted octanol–water partition coefficient (Wildman–Crippen LogP) is 3.92. The fourth-order valence-electron chi connectivity index (χ4n) is 5.69. The third kappa shape index (κ3) is 5.45. The zero-order chi connectivity index (χ0) is 25.1. The average molecular weight is 489 g/mol. The molecule has 1 saturated carbocycles. The molecule has 3 fully saturated rings. The van der Waals surface area contributed by atoms with E-state index in [2.05, 4.69) is 28.6 Å². The molecule has 3 unspecified atom stereocenters. The van der Waals surface area contributed by atoms with Gasteiger partial charge in [0.15, 0.2) is 0 Å². The van der Waals surface area contributed by atoms with Crippen LogP contribution < -0.4 is 16.0 Å². The van der Waals surface area contributed by atoms with Crippen molar-refractivity contribution in [3.63, 3.8) is 0 Å². The Morgan fingerprint density at radius 3 is 2.53 bits per heavy atom. The summed E-state index contributed by atoms with van der Waals surface area (Å²) in [5.41, 5.74) is 3.95. The van der Waals surface area contributed by atoms with E-state index in [0.717, 1.165) is 67.7 Å². The maximum absolute atomic E-state index is 15.0. The monoisotopic (exact) mass is 488 g/mol. The third-order valence-electron chi connectivity index (χ3n) is 7.76. The standard InChI is InChI=1S/C29H33FN4O2/c1-18(32-24-10-12-36-13-11-24)19-2-4-20(5-3-19)21-6-7-22(27(30)16-21)14-26(17-31)34-29(35)28-23-8-9-25(15-23)33-28/h2-7,16,23-26,28,32-33H,1,8-15H2,(H,34,35)/t23?,25?,26-,28?/m0/s1. The van der Waals surface area contributed by atoms with Crippen molar-refractivity contribution in [1.29, 1.82) is 5.26 Å². The molecule has 1 aliphatic carbocycles. The van der Waals surface area contributed by atoms with Crippen LogP contribution in [-0.2, 0) is 16.0 Å². The Balaban J connectivity index is 1.19. The van der Waals surface area contributed by atoms with Gasteiger partial charge in [0, 0.05) is 37.4 Å². The fourth-order valence-corrected chi connectivity index (χ4v) is 5.69. The van der Waals surface area contributed by atoms with E-state index < -0.39 is 6.04 Å². The van der Waals surface area contributed by atoms with Crippen molar-refractivity contribution in [1.82, 2.24) is 16.0 Å². The van der Waals surface area contributed by atoms with Crippen LogP contribution in [0.1, 0.15) is 43.2 Å². The molecule has 2 bridgehead atoms. The molecule has 4 atom stereocenters. The fraction of sp³-hybridized carbons (Fsp3) is 0.448. The van der Waals surface area contributed by atoms with Gasteiger partial charge in [-0.15, -0.1) is 0 Å². The number of carbonyl (C=O) groups is 1. The largest absolute Gasteiger partial charge is 0.382 e. The summed E-state index contributed by atoms with van der Waals surface area (Å²) in [4.78, 5) is 12.7. The number of rotatable bonds is 8. The highest BCUT2D eigenvalue weighted by Gasteiger charge is 2.43. The minimum Gasteiger partial charge on any atom is -0.382 e. The van der Waals surface area contributed by atoms with Crippen LogP contribution in [0.5, 0.6) is 0 Å². The smallest absolute Gasteiger partial charge is 0.238 e. The number of carbonyl (C=O) groups excluding carboxylic acids is 1. The van der Waals surface area contributed by atoms with Gasteiger partial charge in [-0.1, -0.05) is 43.0 Å². The molecule has 188 valence electrons. The van der Waals surface area contributed by atoms with Gasteiger partial charge in [0.2, 0.25) is 5.91 Å². The summed E-state index contributed by atoms with van der Waals surface area (Å²) in [5.74, 6) is -0.194. The molecule has 2 aromatic rings. The molecule has 6 nitrogen and oxygen atoms in total. The van der Waals surface area contributed by atoms with E-state index in [4.69, 9.17) is 4.74 Å². The second-order valence-electron chi connectivity index (χ2n) is 10.2. The average Bonchev–Trinajstić information content (AvgIpc) is 3.54. The molecule has 0 radical (unpaired) electrons. The highest BCUT2D eigenvalue weighted by atomic mass is 19.1. The summed E-state index contributed by atoms with van der Waals surface area (Å²) in [6, 6.07) is 14.8. The molecule has 3 N–H and O–H groups in total. The first-order valence-electron chi connectivity index (χ1n) is 12.9. The van der Waals surface area contributed by atoms with Crippen molar-refractivity contribution in [3.8, 4) is 17.2 Å². The Kier molecular flexibility index (Phi) is 7.35. The lowest BCUT2D eigenvalue weighted by Gasteiger charge is -2.25. The van der Waals surface area contributed by atoms with Crippen molar-refractivity contribution in [2.24, 2.45) is 5.92 Å². The van der Waals surface area contributed by atoms with Gasteiger partial charge in [0.25, 0.3) is 0 Å². The molecule has 5 rings (SSSR count). The number of nitrogens with one attached hydrogen (secondary N) is 3. The zero-order valence-corrected chi connectivity index (χ0v) is 20.4. The Morgan fingerprint density at radius 2 is 1.89 bits per heavy atom. The first-order valence-corrected chi connectivity index (χ1v) is 12.9. The summed E-state index contributed by atoms with van der Waals surface area (Å²) >= 11 is 0. The van der Waals surface area contributed by atoms with Crippen molar-refractivity contribution in [3.05, 3.63) is 66.0 Å². The normalized spacial score (nSPS) is 24.2. The number of benzene rings is 2. The first kappa shape index (κ1) is 24.5. The minimum atomic E-state index is -0.771. The van der Waals surface area contributed by atoms with E-state index in [-0.39, 0.29) is 24.2 Å². The minimum absolute atomic E-state index is 0.131. The van der Waals surface area contributed by atoms with E-state index in [1.165, 1.54) is 6.07 Å². The van der Waals surface area contributed by atoms with Gasteiger partial charge in [-0.3, -0.25) is 4.79 Å². The van der Waals surface area contributed by atoms with Crippen LogP contribution in [0.25, 0.3) is 16.8 Å². The predicted molar refractivity (Wildman–Crippen MR) is 137 cm³/mol. The third-order valence-corrected chi connectivity index (χ3v) is 7.76. The molecule has 2 aromatic carbocycles. The molecule has 0 aromatic heterocycles. The molecule has 7 heteroatoms. The lowest BCUT2D eigenvalue weighted by Crippen LogP contribution is -2.50. The molecule has 2 heterocycles. The number of piperidine rings is 1. The summed E-state index contributed by atoms with van der Waals surface area (Å²) < 4.78 is 20.4. The quantitative estimate of drug-likeness (QED) is 0.524. The Labute approximate surface area is 211 Å². The highest BCUT2D eigenvalue weighted by molar-refractivity contribution is 5.83. The van der Waals surface area contributed by atoms with Gasteiger partial charge < -0.3 is 20.7 Å². The van der Waals surface area contributed by atoms with E-state index in [9.17, 15) is 14.4 Å². The van der Waals surface area contributed by atoms with Crippen LogP contribution in [0.4, 0.5) is 4.39 Å². The van der Waals surface area contributed by atoms with Crippen molar-refractivity contribution in [2.45, 2.75) is 62.7 Å². The SMILES string of the molecule is C=C(NC1CCOCC1)c1ccc(-c2ccc(C[C@@H](C#N)NC(=O)C3NC4CCC3C4)c(F)c2)cc1. The molecule has 2 saturated heterocycles. The van der Waals surface area contributed by atoms with Gasteiger partial charge in [-0.2, -0.15) is 5.26 Å². The lowest BCUT2D eigenvalue weighted by molar-refractivity contribution is -0.124. The zero-order valence-electron chi connectivity index (χ0n) is 20.4. The Morgan fingerprint density at radius 1 is 1.14 bits per heavy atom. The molecule has 36 heavy (non-hydrogen) atoms. The number of halogens is 1. The van der Waals surface area contributed by atoms with Gasteiger partial charge >= 0.3 is 0 Å². The molecule has 2 aliphatic heterocycles. The molecule has 3 aliphatic rings. The maximum Gasteiger partial charge on any atom is 0.238 e. The van der Waals surface area contributed by atoms with E-state index >= 15 is 0 Å². The van der Waals surface area contributed by atoms with Crippen molar-refractivity contribution >= 4 is 11.6 Å². The summed E-state index contributed by atoms with van der Waals surface area (Å²) in [6.07, 6.45) is 5.25. The Bertz CT molecular complexity index is 1150. The topological polar surface area (TPSA) is 86.2 Å². The van der Waals surface area contributed by atoms with Crippen LogP contribution in [0.2, 0.25) is 0 Å². The molecule has 1 amide bonds. The highest BCUT2D eigenvalue weighted by Crippen LogP contribution is 2.35. The number of fused-ring (bicyclic) bond motifs is 2. The van der Waals surface area contributed by atoms with Gasteiger partial charge in [-0.25, -0.2) is 4.39 Å². The molecular weight excluding hydrogens is 455 g/mol. The lowest BCUT2D eigenvalue weighted by atomic mass is 9.97. The van der Waals surface area contributed by atoms with Gasteiger partial charge in [0.1, 0.15) is 11.9 Å². The van der Waals surface area contributed by atoms with Crippen molar-refractivity contribution < 1.29 is 13.9 Å². The van der Waals surface area contributed by atoms with E-state index in [0.29, 0.717) is 23.6 Å². The summed E-state index contributed by atoms with van der Waals surface area (Å²) in [7, 11) is 0. The van der Waals surface area contributed by atoms with Gasteiger partial charge in [-0.05, 0) is 66.3 Å². The van der Waals surface area contributed by atoms with Crippen LogP contribution in [-0.4, -0.2) is 43.3 Å². The van der Waals surface area contributed by atoms with Gasteiger partial charge in [0.05, 0.1) is 12.1 Å². The van der Waals surface area contributed by atoms with Crippen LogP contribution in [0.3, 0.4) is 0 Å².